The zero-order valence-electron chi connectivity index (χ0n) is 9.57. The van der Waals surface area contributed by atoms with E-state index >= 15 is 0 Å². The third-order valence-corrected chi connectivity index (χ3v) is 2.84. The summed E-state index contributed by atoms with van der Waals surface area (Å²) in [7, 11) is 0. The molecule has 0 unspecified atom stereocenters. The molecule has 0 radical (unpaired) electrons. The maximum absolute atomic E-state index is 11.6. The number of hydrazine groups is 1. The highest BCUT2D eigenvalue weighted by atomic mass is 16.8. The highest BCUT2D eigenvalue weighted by Crippen LogP contribution is 2.22. The molecule has 11 nitrogen and oxygen atoms in total. The molecule has 102 valence electrons. The molecular formula is C8H12N7O4+. The molecule has 3 heterocycles. The minimum atomic E-state index is -1.04. The fourth-order valence-electron chi connectivity index (χ4n) is 1.99. The van der Waals surface area contributed by atoms with Gasteiger partial charge in [0.1, 0.15) is 0 Å². The summed E-state index contributed by atoms with van der Waals surface area (Å²) in [5.74, 6) is -0.0264. The van der Waals surface area contributed by atoms with Crippen LogP contribution in [0.4, 0.5) is 5.95 Å². The summed E-state index contributed by atoms with van der Waals surface area (Å²) in [6.07, 6.45) is -0.0339. The number of aliphatic hydroxyl groups is 1. The highest BCUT2D eigenvalue weighted by molar-refractivity contribution is 5.65. The standard InChI is InChI=1S/C8H11N7O4/c9-8-11-6-5(7(17)12-8)10-2-14(6)4-1-3(16)15(13-18)19-4/h2-4,13,16,18H,1H2,(H3,9,11,12,17)/p+1/t3-,4+/m0/s1. The van der Waals surface area contributed by atoms with E-state index in [-0.39, 0.29) is 17.9 Å². The first kappa shape index (κ1) is 12.0. The Morgan fingerprint density at radius 3 is 3.16 bits per heavy atom. The summed E-state index contributed by atoms with van der Waals surface area (Å²) in [4.78, 5) is 26.0. The lowest BCUT2D eigenvalue weighted by molar-refractivity contribution is -0.747. The van der Waals surface area contributed by atoms with Crippen molar-refractivity contribution in [2.45, 2.75) is 18.9 Å². The molecule has 0 saturated carbocycles. The van der Waals surface area contributed by atoms with Gasteiger partial charge < -0.3 is 10.8 Å². The molecule has 2 aromatic rings. The zero-order valence-corrected chi connectivity index (χ0v) is 9.57. The first-order valence-corrected chi connectivity index (χ1v) is 5.42. The summed E-state index contributed by atoms with van der Waals surface area (Å²) < 4.78 is 1.50. The van der Waals surface area contributed by atoms with Crippen molar-refractivity contribution in [1.82, 2.24) is 25.7 Å². The molecule has 11 heteroatoms. The van der Waals surface area contributed by atoms with Crippen molar-refractivity contribution in [2.75, 3.05) is 5.73 Å². The molecule has 1 aliphatic rings. The summed E-state index contributed by atoms with van der Waals surface area (Å²) >= 11 is 0. The topological polar surface area (TPSA) is 156 Å². The second kappa shape index (κ2) is 4.25. The van der Waals surface area contributed by atoms with Crippen LogP contribution in [0.1, 0.15) is 12.6 Å². The number of aromatic amines is 2. The number of aromatic nitrogens is 4. The average molecular weight is 270 g/mol. The van der Waals surface area contributed by atoms with Crippen molar-refractivity contribution in [3.05, 3.63) is 16.7 Å². The van der Waals surface area contributed by atoms with Crippen molar-refractivity contribution in [3.63, 3.8) is 0 Å². The number of hydroxylamine groups is 1. The summed E-state index contributed by atoms with van der Waals surface area (Å²) in [6.45, 7) is 0. The van der Waals surface area contributed by atoms with Gasteiger partial charge in [-0.15, -0.1) is 5.59 Å². The van der Waals surface area contributed by atoms with Crippen LogP contribution >= 0.6 is 0 Å². The van der Waals surface area contributed by atoms with Crippen LogP contribution in [0.5, 0.6) is 0 Å². The van der Waals surface area contributed by atoms with E-state index in [1.165, 1.54) is 10.9 Å². The van der Waals surface area contributed by atoms with Gasteiger partial charge in [-0.3, -0.25) is 20.0 Å². The molecule has 0 amide bonds. The lowest BCUT2D eigenvalue weighted by atomic mass is 10.3. The van der Waals surface area contributed by atoms with E-state index in [1.807, 2.05) is 0 Å². The van der Waals surface area contributed by atoms with Gasteiger partial charge in [-0.05, 0) is 0 Å². The van der Waals surface area contributed by atoms with Gasteiger partial charge in [-0.25, -0.2) is 9.40 Å². The van der Waals surface area contributed by atoms with Gasteiger partial charge >= 0.3 is 5.65 Å². The number of rotatable bonds is 2. The Hall–Kier alpha value is -2.05. The third-order valence-electron chi connectivity index (χ3n) is 2.84. The number of nitrogens with two attached hydrogens (primary N) is 1. The largest absolute Gasteiger partial charge is 0.374 e. The Balaban J connectivity index is 2.05. The third kappa shape index (κ3) is 1.85. The minimum Gasteiger partial charge on any atom is -0.374 e. The van der Waals surface area contributed by atoms with Gasteiger partial charge in [0.15, 0.2) is 12.6 Å². The number of fused-ring (bicyclic) bond motifs is 1. The number of hydrogen-bond acceptors (Lipinski definition) is 8. The van der Waals surface area contributed by atoms with Crippen molar-refractivity contribution >= 4 is 17.1 Å². The Labute approximate surface area is 105 Å². The molecule has 7 N–H and O–H groups in total. The predicted octanol–water partition coefficient (Wildman–Crippen LogP) is -2.53. The smallest absolute Gasteiger partial charge is 0.313 e. The fourth-order valence-corrected chi connectivity index (χ4v) is 1.99. The first-order valence-electron chi connectivity index (χ1n) is 5.42. The fraction of sp³-hybridized carbons (Fsp3) is 0.375. The Kier molecular flexibility index (Phi) is 2.69. The molecule has 1 aliphatic heterocycles. The normalized spacial score (nSPS) is 24.3. The van der Waals surface area contributed by atoms with Gasteiger partial charge in [-0.2, -0.15) is 0 Å². The summed E-state index contributed by atoms with van der Waals surface area (Å²) in [6, 6.07) is 0. The minimum absolute atomic E-state index is 0.0264. The molecule has 2 atom stereocenters. The number of imidazole rings is 1. The predicted molar refractivity (Wildman–Crippen MR) is 58.8 cm³/mol. The van der Waals surface area contributed by atoms with E-state index in [0.717, 1.165) is 5.17 Å². The molecule has 3 rings (SSSR count). The van der Waals surface area contributed by atoms with Crippen LogP contribution in [-0.4, -0.2) is 36.7 Å². The molecule has 0 spiro atoms. The van der Waals surface area contributed by atoms with E-state index in [2.05, 4.69) is 15.0 Å². The first-order chi connectivity index (χ1) is 9.10. The molecule has 2 aromatic heterocycles. The van der Waals surface area contributed by atoms with Crippen molar-refractivity contribution in [2.24, 2.45) is 0 Å². The lowest BCUT2D eigenvalue weighted by Gasteiger charge is -2.13. The van der Waals surface area contributed by atoms with Gasteiger partial charge in [0.25, 0.3) is 11.5 Å². The van der Waals surface area contributed by atoms with Crippen LogP contribution in [0.15, 0.2) is 11.1 Å². The number of anilines is 1. The maximum Gasteiger partial charge on any atom is 0.313 e. The van der Waals surface area contributed by atoms with E-state index in [4.69, 9.17) is 15.8 Å². The number of aliphatic hydroxyl groups excluding tert-OH is 1. The van der Waals surface area contributed by atoms with E-state index < -0.39 is 18.0 Å². The number of H-pyrrole nitrogens is 2. The van der Waals surface area contributed by atoms with Gasteiger partial charge in [0.2, 0.25) is 11.7 Å². The second-order valence-corrected chi connectivity index (χ2v) is 4.03. The number of nitrogen functional groups attached to an aromatic ring is 1. The van der Waals surface area contributed by atoms with Crippen LogP contribution in [0.2, 0.25) is 0 Å². The number of hydrogen-bond donors (Lipinski definition) is 6. The molecule has 1 saturated heterocycles. The zero-order chi connectivity index (χ0) is 13.6. The van der Waals surface area contributed by atoms with Crippen molar-refractivity contribution in [1.29, 1.82) is 0 Å². The lowest BCUT2D eigenvalue weighted by Crippen LogP contribution is -2.42. The molecule has 19 heavy (non-hydrogen) atoms. The van der Waals surface area contributed by atoms with Gasteiger partial charge in [0.05, 0.1) is 6.42 Å². The molecular weight excluding hydrogens is 258 g/mol. The van der Waals surface area contributed by atoms with Crippen LogP contribution in [0, 0.1) is 0 Å². The molecule has 0 bridgehead atoms. The SMILES string of the molecule is Nc1nc2c([nH]c[n+]2[C@H]2C[C@H](O)N(NO)O2)c(=O)[nH]1. The number of nitrogens with zero attached hydrogens (tertiary/aromatic N) is 3. The van der Waals surface area contributed by atoms with Crippen LogP contribution in [0.25, 0.3) is 11.2 Å². The van der Waals surface area contributed by atoms with Crippen molar-refractivity contribution < 1.29 is 19.7 Å². The molecule has 0 aliphatic carbocycles. The Morgan fingerprint density at radius 1 is 1.68 bits per heavy atom. The van der Waals surface area contributed by atoms with E-state index in [0.29, 0.717) is 5.65 Å². The van der Waals surface area contributed by atoms with E-state index in [9.17, 15) is 9.90 Å². The highest BCUT2D eigenvalue weighted by Gasteiger charge is 2.37. The van der Waals surface area contributed by atoms with Gasteiger partial charge in [-0.1, -0.05) is 10.2 Å². The average Bonchev–Trinajstić information content (AvgIpc) is 2.92. The Morgan fingerprint density at radius 2 is 2.47 bits per heavy atom. The van der Waals surface area contributed by atoms with Crippen LogP contribution < -0.4 is 21.4 Å². The monoisotopic (exact) mass is 270 g/mol. The maximum atomic E-state index is 11.6. The molecule has 0 aromatic carbocycles. The van der Waals surface area contributed by atoms with Gasteiger partial charge in [0, 0.05) is 0 Å². The number of nitrogens with one attached hydrogen (secondary N) is 3. The summed E-state index contributed by atoms with van der Waals surface area (Å²) in [5.41, 5.74) is 7.31. The summed E-state index contributed by atoms with van der Waals surface area (Å²) in [5, 5.41) is 19.1. The molecule has 1 fully saturated rings. The van der Waals surface area contributed by atoms with E-state index in [1.54, 1.807) is 5.59 Å². The van der Waals surface area contributed by atoms with Crippen LogP contribution in [-0.2, 0) is 4.84 Å². The Bertz CT molecular complexity index is 667. The van der Waals surface area contributed by atoms with Crippen molar-refractivity contribution in [3.8, 4) is 0 Å². The van der Waals surface area contributed by atoms with Crippen LogP contribution in [0.3, 0.4) is 0 Å². The quantitative estimate of drug-likeness (QED) is 0.257. The second-order valence-electron chi connectivity index (χ2n) is 4.03.